The Morgan fingerprint density at radius 3 is 2.65 bits per heavy atom. The summed E-state index contributed by atoms with van der Waals surface area (Å²) >= 11 is 0. The second kappa shape index (κ2) is 10.6. The number of carbonyl (C=O) groups is 2. The van der Waals surface area contributed by atoms with E-state index in [-0.39, 0.29) is 17.4 Å². The first-order valence-electron chi connectivity index (χ1n) is 12.4. The molecule has 194 valence electrons. The van der Waals surface area contributed by atoms with E-state index in [2.05, 4.69) is 37.3 Å². The Labute approximate surface area is 214 Å². The van der Waals surface area contributed by atoms with Crippen molar-refractivity contribution in [2.75, 3.05) is 59.8 Å². The number of nitrogens with zero attached hydrogens (tertiary/aromatic N) is 4. The predicted octanol–water partition coefficient (Wildman–Crippen LogP) is 2.98. The third kappa shape index (κ3) is 5.57. The Balaban J connectivity index is 1.48. The average Bonchev–Trinajstić information content (AvgIpc) is 2.88. The van der Waals surface area contributed by atoms with Crippen molar-refractivity contribution in [2.45, 2.75) is 19.4 Å². The lowest BCUT2D eigenvalue weighted by atomic mass is 9.96. The van der Waals surface area contributed by atoms with E-state index >= 15 is 0 Å². The fraction of sp³-hybridized carbons (Fsp3) is 0.385. The molecular weight excluding hydrogens is 474 g/mol. The maximum atomic E-state index is 13.5. The summed E-state index contributed by atoms with van der Waals surface area (Å²) in [4.78, 5) is 38.1. The second-order valence-corrected chi connectivity index (χ2v) is 9.64. The van der Waals surface area contributed by atoms with Gasteiger partial charge in [-0.05, 0) is 36.6 Å². The topological polar surface area (TPSA) is 146 Å². The van der Waals surface area contributed by atoms with E-state index in [0.717, 1.165) is 42.8 Å². The lowest BCUT2D eigenvalue weighted by molar-refractivity contribution is 0.102. The van der Waals surface area contributed by atoms with Crippen LogP contribution in [0.2, 0.25) is 0 Å². The third-order valence-corrected chi connectivity index (χ3v) is 6.71. The number of rotatable bonds is 5. The van der Waals surface area contributed by atoms with E-state index in [1.54, 1.807) is 18.5 Å². The molecule has 4 heterocycles. The van der Waals surface area contributed by atoms with Crippen molar-refractivity contribution in [1.29, 1.82) is 0 Å². The number of carbonyl (C=O) groups excluding carboxylic acids is 1. The van der Waals surface area contributed by atoms with Crippen molar-refractivity contribution in [3.63, 3.8) is 0 Å². The molecule has 37 heavy (non-hydrogen) atoms. The Hall–Kier alpha value is -3.96. The minimum Gasteiger partial charge on any atom is -0.465 e. The van der Waals surface area contributed by atoms with Crippen LogP contribution in [0, 0.1) is 5.92 Å². The van der Waals surface area contributed by atoms with Gasteiger partial charge >= 0.3 is 6.09 Å². The van der Waals surface area contributed by atoms with Crippen molar-refractivity contribution in [3.05, 3.63) is 48.4 Å². The van der Waals surface area contributed by atoms with Crippen molar-refractivity contribution >= 4 is 45.7 Å². The van der Waals surface area contributed by atoms with Gasteiger partial charge in [0.1, 0.15) is 0 Å². The van der Waals surface area contributed by atoms with Gasteiger partial charge in [-0.3, -0.25) is 15.1 Å². The summed E-state index contributed by atoms with van der Waals surface area (Å²) in [7, 11) is 0. The SMILES string of the molecule is C[C@@H]1C[C@H](N)CN(c2ccncc2NC(=O)c2nc3cc(N4CCOCC4)ccc3cc2NC(=O)O)C1. The number of hydrogen-bond donors (Lipinski definition) is 4. The highest BCUT2D eigenvalue weighted by molar-refractivity contribution is 6.11. The quantitative estimate of drug-likeness (QED) is 0.411. The molecule has 11 heteroatoms. The number of ether oxygens (including phenoxy) is 1. The average molecular weight is 506 g/mol. The lowest BCUT2D eigenvalue weighted by Gasteiger charge is -2.37. The largest absolute Gasteiger partial charge is 0.465 e. The molecule has 0 bridgehead atoms. The summed E-state index contributed by atoms with van der Waals surface area (Å²) in [6.07, 6.45) is 2.92. The standard InChI is InChI=1S/C26H31N7O4/c1-16-10-18(27)15-33(14-16)23-4-5-28-13-22(23)30-25(34)24-21(31-26(35)36)11-17-2-3-19(12-20(17)29-24)32-6-8-37-9-7-32/h2-5,11-13,16,18,31H,6-10,14-15,27H2,1H3,(H,30,34)(H,35,36)/t16-,18+/m1/s1. The molecule has 1 aromatic carbocycles. The number of aromatic nitrogens is 2. The van der Waals surface area contributed by atoms with Gasteiger partial charge in [0.15, 0.2) is 5.69 Å². The van der Waals surface area contributed by atoms with Crippen LogP contribution in [0.4, 0.5) is 27.5 Å². The maximum Gasteiger partial charge on any atom is 0.409 e. The van der Waals surface area contributed by atoms with Gasteiger partial charge in [-0.15, -0.1) is 0 Å². The van der Waals surface area contributed by atoms with Gasteiger partial charge < -0.3 is 30.7 Å². The predicted molar refractivity (Wildman–Crippen MR) is 143 cm³/mol. The first-order valence-corrected chi connectivity index (χ1v) is 12.4. The normalized spacial score (nSPS) is 20.1. The summed E-state index contributed by atoms with van der Waals surface area (Å²) in [5.41, 5.74) is 9.23. The van der Waals surface area contributed by atoms with Crippen molar-refractivity contribution in [3.8, 4) is 0 Å². The van der Waals surface area contributed by atoms with Gasteiger partial charge in [0.25, 0.3) is 5.91 Å². The molecule has 2 saturated heterocycles. The molecule has 2 aliphatic heterocycles. The van der Waals surface area contributed by atoms with Crippen LogP contribution in [0.25, 0.3) is 10.9 Å². The van der Waals surface area contributed by atoms with Gasteiger partial charge in [-0.25, -0.2) is 9.78 Å². The highest BCUT2D eigenvalue weighted by atomic mass is 16.5. The van der Waals surface area contributed by atoms with Crippen LogP contribution in [0.5, 0.6) is 0 Å². The molecule has 2 aliphatic rings. The van der Waals surface area contributed by atoms with Crippen LogP contribution in [-0.4, -0.2) is 72.5 Å². The van der Waals surface area contributed by atoms with Gasteiger partial charge in [0, 0.05) is 49.5 Å². The Bertz CT molecular complexity index is 1300. The van der Waals surface area contributed by atoms with Crippen LogP contribution in [0.3, 0.4) is 0 Å². The number of nitrogens with two attached hydrogens (primary N) is 1. The van der Waals surface area contributed by atoms with Gasteiger partial charge in [-0.1, -0.05) is 13.0 Å². The number of carboxylic acid groups (broad SMARTS) is 1. The molecule has 2 fully saturated rings. The molecule has 0 saturated carbocycles. The molecule has 2 amide bonds. The zero-order chi connectivity index (χ0) is 25.9. The Morgan fingerprint density at radius 1 is 1.08 bits per heavy atom. The Morgan fingerprint density at radius 2 is 1.89 bits per heavy atom. The zero-order valence-corrected chi connectivity index (χ0v) is 20.7. The first-order chi connectivity index (χ1) is 17.9. The zero-order valence-electron chi connectivity index (χ0n) is 20.7. The number of amides is 2. The van der Waals surface area contributed by atoms with E-state index in [0.29, 0.717) is 36.9 Å². The minimum absolute atomic E-state index is 0.0208. The molecule has 11 nitrogen and oxygen atoms in total. The third-order valence-electron chi connectivity index (χ3n) is 6.71. The van der Waals surface area contributed by atoms with Gasteiger partial charge in [0.2, 0.25) is 0 Å². The summed E-state index contributed by atoms with van der Waals surface area (Å²) in [6, 6.07) is 9.26. The van der Waals surface area contributed by atoms with Crippen molar-refractivity contribution in [2.24, 2.45) is 11.7 Å². The number of nitrogens with one attached hydrogen (secondary N) is 2. The number of pyridine rings is 2. The van der Waals surface area contributed by atoms with Crippen LogP contribution in [0.1, 0.15) is 23.8 Å². The number of anilines is 4. The molecule has 0 spiro atoms. The van der Waals surface area contributed by atoms with Crippen LogP contribution in [0.15, 0.2) is 42.7 Å². The number of benzene rings is 1. The smallest absolute Gasteiger partial charge is 0.409 e. The molecule has 0 aliphatic carbocycles. The lowest BCUT2D eigenvalue weighted by Crippen LogP contribution is -2.46. The van der Waals surface area contributed by atoms with Crippen LogP contribution in [-0.2, 0) is 4.74 Å². The number of morpholine rings is 1. The molecule has 0 unspecified atom stereocenters. The van der Waals surface area contributed by atoms with E-state index in [9.17, 15) is 14.7 Å². The monoisotopic (exact) mass is 505 g/mol. The molecule has 5 N–H and O–H groups in total. The Kier molecular flexibility index (Phi) is 7.06. The van der Waals surface area contributed by atoms with Crippen molar-refractivity contribution in [1.82, 2.24) is 9.97 Å². The number of piperidine rings is 1. The fourth-order valence-corrected chi connectivity index (χ4v) is 5.09. The van der Waals surface area contributed by atoms with E-state index < -0.39 is 12.0 Å². The van der Waals surface area contributed by atoms with E-state index in [1.807, 2.05) is 24.3 Å². The summed E-state index contributed by atoms with van der Waals surface area (Å²) in [6.45, 7) is 6.45. The first kappa shape index (κ1) is 24.7. The molecule has 3 aromatic rings. The fourth-order valence-electron chi connectivity index (χ4n) is 5.09. The van der Waals surface area contributed by atoms with Gasteiger partial charge in [0.05, 0.1) is 42.0 Å². The maximum absolute atomic E-state index is 13.5. The molecule has 5 rings (SSSR count). The number of hydrogen-bond acceptors (Lipinski definition) is 8. The van der Waals surface area contributed by atoms with E-state index in [4.69, 9.17) is 10.5 Å². The van der Waals surface area contributed by atoms with E-state index in [1.165, 1.54) is 0 Å². The van der Waals surface area contributed by atoms with Crippen LogP contribution >= 0.6 is 0 Å². The van der Waals surface area contributed by atoms with Gasteiger partial charge in [-0.2, -0.15) is 0 Å². The molecular formula is C26H31N7O4. The summed E-state index contributed by atoms with van der Waals surface area (Å²) < 4.78 is 5.44. The highest BCUT2D eigenvalue weighted by Gasteiger charge is 2.25. The van der Waals surface area contributed by atoms with Crippen molar-refractivity contribution < 1.29 is 19.4 Å². The highest BCUT2D eigenvalue weighted by Crippen LogP contribution is 2.31. The molecule has 2 aromatic heterocycles. The molecule has 2 atom stereocenters. The summed E-state index contributed by atoms with van der Waals surface area (Å²) in [5.74, 6) is -0.124. The molecule has 0 radical (unpaired) electrons. The summed E-state index contributed by atoms with van der Waals surface area (Å²) in [5, 5.41) is 15.3. The minimum atomic E-state index is -1.28. The van der Waals surface area contributed by atoms with Crippen LogP contribution < -0.4 is 26.2 Å². The second-order valence-electron chi connectivity index (χ2n) is 9.64. The number of fused-ring (bicyclic) bond motifs is 1.